The van der Waals surface area contributed by atoms with Gasteiger partial charge in [-0.25, -0.2) is 4.98 Å². The number of carbonyl (C=O) groups is 1. The zero-order valence-corrected chi connectivity index (χ0v) is 15.8. The van der Waals surface area contributed by atoms with Crippen molar-refractivity contribution in [1.29, 1.82) is 0 Å². The van der Waals surface area contributed by atoms with Crippen LogP contribution in [-0.2, 0) is 11.3 Å². The first kappa shape index (κ1) is 19.1. The van der Waals surface area contributed by atoms with Crippen LogP contribution in [0.4, 0.5) is 5.95 Å². The maximum atomic E-state index is 9.91. The second-order valence-corrected chi connectivity index (χ2v) is 6.63. The molecule has 1 unspecified atom stereocenters. The summed E-state index contributed by atoms with van der Waals surface area (Å²) in [5.41, 5.74) is 3.93. The Morgan fingerprint density at radius 1 is 1.13 bits per heavy atom. The summed E-state index contributed by atoms with van der Waals surface area (Å²) in [5.74, 6) is 0.926. The minimum absolute atomic E-state index is 0.00743. The highest BCUT2D eigenvalue weighted by atomic mass is 16.3. The van der Waals surface area contributed by atoms with Gasteiger partial charge in [0.05, 0.1) is 29.9 Å². The number of aromatic amines is 1. The summed E-state index contributed by atoms with van der Waals surface area (Å²) < 4.78 is 1.74. The van der Waals surface area contributed by atoms with Crippen LogP contribution < -0.4 is 4.90 Å². The Kier molecular flexibility index (Phi) is 5.37. The molecule has 5 rings (SSSR count). The summed E-state index contributed by atoms with van der Waals surface area (Å²) in [7, 11) is 0. The number of para-hydroxylation sites is 1. The van der Waals surface area contributed by atoms with Gasteiger partial charge in [-0.2, -0.15) is 4.68 Å². The van der Waals surface area contributed by atoms with E-state index in [1.54, 1.807) is 23.1 Å². The Hall–Kier alpha value is -4.21. The Bertz CT molecular complexity index is 1130. The monoisotopic (exact) mass is 405 g/mol. The van der Waals surface area contributed by atoms with E-state index in [0.29, 0.717) is 19.0 Å². The Balaban J connectivity index is 0.000000687. The van der Waals surface area contributed by atoms with Crippen molar-refractivity contribution < 1.29 is 15.0 Å². The molecular formula is C20H19N7O3. The third-order valence-electron chi connectivity index (χ3n) is 4.84. The first-order valence-electron chi connectivity index (χ1n) is 9.19. The lowest BCUT2D eigenvalue weighted by atomic mass is 9.91. The summed E-state index contributed by atoms with van der Waals surface area (Å²) in [6.45, 7) is 1.05. The predicted octanol–water partition coefficient (Wildman–Crippen LogP) is 1.94. The zero-order chi connectivity index (χ0) is 20.9. The Morgan fingerprint density at radius 3 is 2.70 bits per heavy atom. The van der Waals surface area contributed by atoms with Gasteiger partial charge in [-0.3, -0.25) is 4.79 Å². The standard InChI is InChI=1S/C19H17N7O.CH2O2/c27-15-8-4-5-13(9-15)16-10-25(11-17-18(16)21-12-20-17)19-22-23-24-26(19)14-6-2-1-3-7-14;2-1-3/h1-9,12,16,27H,10-11H2,(H,20,21);1H,(H,2,3). The molecule has 1 atom stereocenters. The van der Waals surface area contributed by atoms with Gasteiger partial charge < -0.3 is 20.1 Å². The van der Waals surface area contributed by atoms with E-state index in [-0.39, 0.29) is 18.1 Å². The smallest absolute Gasteiger partial charge is 0.290 e. The number of nitrogens with zero attached hydrogens (tertiary/aromatic N) is 6. The van der Waals surface area contributed by atoms with E-state index in [9.17, 15) is 5.11 Å². The molecule has 2 aromatic heterocycles. The first-order valence-corrected chi connectivity index (χ1v) is 9.19. The number of tetrazole rings is 1. The minimum Gasteiger partial charge on any atom is -0.508 e. The second-order valence-electron chi connectivity index (χ2n) is 6.63. The van der Waals surface area contributed by atoms with Gasteiger partial charge in [0.1, 0.15) is 5.75 Å². The highest BCUT2D eigenvalue weighted by molar-refractivity contribution is 5.46. The molecule has 0 spiro atoms. The van der Waals surface area contributed by atoms with Crippen LogP contribution in [0.5, 0.6) is 5.75 Å². The van der Waals surface area contributed by atoms with E-state index in [2.05, 4.69) is 30.4 Å². The number of rotatable bonds is 3. The number of aromatic nitrogens is 6. The summed E-state index contributed by atoms with van der Waals surface area (Å²) >= 11 is 0. The van der Waals surface area contributed by atoms with Crippen molar-refractivity contribution in [3.63, 3.8) is 0 Å². The molecule has 1 aliphatic rings. The van der Waals surface area contributed by atoms with E-state index in [1.807, 2.05) is 42.5 Å². The van der Waals surface area contributed by atoms with Crippen molar-refractivity contribution in [2.75, 3.05) is 11.4 Å². The molecule has 3 N–H and O–H groups in total. The molecule has 2 aromatic carbocycles. The number of aromatic hydroxyl groups is 1. The average Bonchev–Trinajstić information content (AvgIpc) is 3.44. The number of fused-ring (bicyclic) bond motifs is 1. The molecule has 0 radical (unpaired) electrons. The summed E-state index contributed by atoms with van der Waals surface area (Å²) in [5, 5.41) is 29.1. The maximum absolute atomic E-state index is 9.91. The van der Waals surface area contributed by atoms with Gasteiger partial charge in [0.25, 0.3) is 12.4 Å². The number of benzene rings is 2. The van der Waals surface area contributed by atoms with Crippen LogP contribution in [0.25, 0.3) is 5.69 Å². The molecular weight excluding hydrogens is 386 g/mol. The SMILES string of the molecule is O=CO.Oc1cccc(C2CN(c3nnnn3-c3ccccc3)Cc3[nH]cnc32)c1. The fourth-order valence-corrected chi connectivity index (χ4v) is 3.59. The van der Waals surface area contributed by atoms with E-state index in [0.717, 1.165) is 22.6 Å². The van der Waals surface area contributed by atoms with Crippen molar-refractivity contribution in [2.24, 2.45) is 0 Å². The van der Waals surface area contributed by atoms with Crippen LogP contribution >= 0.6 is 0 Å². The van der Waals surface area contributed by atoms with Crippen molar-refractivity contribution in [3.8, 4) is 11.4 Å². The van der Waals surface area contributed by atoms with Gasteiger partial charge in [-0.1, -0.05) is 35.4 Å². The average molecular weight is 405 g/mol. The number of phenols is 1. The predicted molar refractivity (Wildman–Crippen MR) is 107 cm³/mol. The molecule has 1 aliphatic heterocycles. The number of hydrogen-bond donors (Lipinski definition) is 3. The number of nitrogens with one attached hydrogen (secondary N) is 1. The molecule has 10 nitrogen and oxygen atoms in total. The molecule has 0 bridgehead atoms. The number of hydrogen-bond acceptors (Lipinski definition) is 7. The third kappa shape index (κ3) is 3.70. The number of phenolic OH excluding ortho intramolecular Hbond substituents is 1. The highest BCUT2D eigenvalue weighted by Crippen LogP contribution is 2.34. The topological polar surface area (TPSA) is 133 Å². The lowest BCUT2D eigenvalue weighted by Crippen LogP contribution is -2.36. The minimum atomic E-state index is -0.250. The van der Waals surface area contributed by atoms with Crippen molar-refractivity contribution in [1.82, 2.24) is 30.2 Å². The molecule has 10 heteroatoms. The molecule has 0 fully saturated rings. The van der Waals surface area contributed by atoms with Gasteiger partial charge >= 0.3 is 0 Å². The van der Waals surface area contributed by atoms with Gasteiger partial charge in [0.15, 0.2) is 0 Å². The van der Waals surface area contributed by atoms with E-state index in [1.165, 1.54) is 0 Å². The molecule has 0 aliphatic carbocycles. The normalized spacial score (nSPS) is 15.1. The third-order valence-corrected chi connectivity index (χ3v) is 4.84. The second kappa shape index (κ2) is 8.43. The number of imidazole rings is 1. The van der Waals surface area contributed by atoms with Crippen molar-refractivity contribution in [3.05, 3.63) is 77.9 Å². The fraction of sp³-hybridized carbons (Fsp3) is 0.150. The largest absolute Gasteiger partial charge is 0.508 e. The molecule has 0 saturated carbocycles. The number of anilines is 1. The molecule has 0 saturated heterocycles. The molecule has 30 heavy (non-hydrogen) atoms. The molecule has 0 amide bonds. The summed E-state index contributed by atoms with van der Waals surface area (Å²) in [6, 6.07) is 17.1. The van der Waals surface area contributed by atoms with Crippen molar-refractivity contribution >= 4 is 12.4 Å². The van der Waals surface area contributed by atoms with Gasteiger partial charge in [0, 0.05) is 12.5 Å². The van der Waals surface area contributed by atoms with Gasteiger partial charge in [-0.05, 0) is 40.3 Å². The Morgan fingerprint density at radius 2 is 1.93 bits per heavy atom. The lowest BCUT2D eigenvalue weighted by molar-refractivity contribution is -0.122. The highest BCUT2D eigenvalue weighted by Gasteiger charge is 2.31. The molecule has 3 heterocycles. The van der Waals surface area contributed by atoms with Crippen molar-refractivity contribution in [2.45, 2.75) is 12.5 Å². The van der Waals surface area contributed by atoms with E-state index in [4.69, 9.17) is 9.90 Å². The van der Waals surface area contributed by atoms with E-state index < -0.39 is 0 Å². The van der Waals surface area contributed by atoms with Gasteiger partial charge in [-0.15, -0.1) is 0 Å². The molecule has 152 valence electrons. The maximum Gasteiger partial charge on any atom is 0.290 e. The van der Waals surface area contributed by atoms with Gasteiger partial charge in [0.2, 0.25) is 0 Å². The Labute approximate surface area is 171 Å². The van der Waals surface area contributed by atoms with Crippen LogP contribution in [0.3, 0.4) is 0 Å². The van der Waals surface area contributed by atoms with Crippen LogP contribution in [-0.4, -0.2) is 53.4 Å². The summed E-state index contributed by atoms with van der Waals surface area (Å²) in [4.78, 5) is 18.2. The number of carboxylic acid groups (broad SMARTS) is 1. The molecule has 4 aromatic rings. The lowest BCUT2D eigenvalue weighted by Gasteiger charge is -2.32. The quantitative estimate of drug-likeness (QED) is 0.441. The van der Waals surface area contributed by atoms with E-state index >= 15 is 0 Å². The number of H-pyrrole nitrogens is 1. The first-order chi connectivity index (χ1) is 14.7. The zero-order valence-electron chi connectivity index (χ0n) is 15.8. The fourth-order valence-electron chi connectivity index (χ4n) is 3.59. The van der Waals surface area contributed by atoms with Crippen LogP contribution in [0, 0.1) is 0 Å². The van der Waals surface area contributed by atoms with Crippen LogP contribution in [0.1, 0.15) is 22.9 Å². The van der Waals surface area contributed by atoms with Crippen LogP contribution in [0.15, 0.2) is 60.9 Å². The summed E-state index contributed by atoms with van der Waals surface area (Å²) in [6.07, 6.45) is 1.71. The van der Waals surface area contributed by atoms with Crippen LogP contribution in [0.2, 0.25) is 0 Å².